The highest BCUT2D eigenvalue weighted by Gasteiger charge is 2.14. The van der Waals surface area contributed by atoms with E-state index in [1.54, 1.807) is 24.1 Å². The van der Waals surface area contributed by atoms with Crippen molar-refractivity contribution in [2.24, 2.45) is 5.73 Å². The molecule has 0 spiro atoms. The van der Waals surface area contributed by atoms with Crippen LogP contribution in [0.4, 0.5) is 0 Å². The van der Waals surface area contributed by atoms with Gasteiger partial charge in [-0.15, -0.1) is 0 Å². The van der Waals surface area contributed by atoms with E-state index in [4.69, 9.17) is 26.8 Å². The smallest absolute Gasteiger partial charge is 0.260 e. The lowest BCUT2D eigenvalue weighted by atomic mass is 10.2. The topological polar surface area (TPSA) is 64.8 Å². The number of likely N-dealkylation sites (N-methyl/N-ethyl adjacent to an activating group) is 1. The summed E-state index contributed by atoms with van der Waals surface area (Å²) >= 11 is 6.10. The molecule has 5 nitrogen and oxygen atoms in total. The molecule has 1 rings (SSSR count). The van der Waals surface area contributed by atoms with Gasteiger partial charge >= 0.3 is 0 Å². The monoisotopic (exact) mass is 286 g/mol. The lowest BCUT2D eigenvalue weighted by Crippen LogP contribution is -2.31. The molecule has 0 fully saturated rings. The van der Waals surface area contributed by atoms with Crippen molar-refractivity contribution < 1.29 is 14.3 Å². The Balaban J connectivity index is 2.86. The molecule has 19 heavy (non-hydrogen) atoms. The fraction of sp³-hybridized carbons (Fsp3) is 0.462. The number of hydrogen-bond donors (Lipinski definition) is 1. The zero-order chi connectivity index (χ0) is 14.4. The fourth-order valence-electron chi connectivity index (χ4n) is 1.45. The standard InChI is InChI=1S/C13H19ClN2O3/c1-4-16(2)12(17)8-19-13-10(14)5-9(7-15)6-11(13)18-3/h5-6H,4,7-8,15H2,1-3H3. The maximum Gasteiger partial charge on any atom is 0.260 e. The van der Waals surface area contributed by atoms with Gasteiger partial charge in [-0.25, -0.2) is 0 Å². The van der Waals surface area contributed by atoms with E-state index in [-0.39, 0.29) is 12.5 Å². The molecule has 0 aromatic heterocycles. The maximum absolute atomic E-state index is 11.7. The van der Waals surface area contributed by atoms with Gasteiger partial charge in [0.2, 0.25) is 0 Å². The van der Waals surface area contributed by atoms with Gasteiger partial charge < -0.3 is 20.1 Å². The molecule has 1 aromatic carbocycles. The Morgan fingerprint density at radius 1 is 1.47 bits per heavy atom. The summed E-state index contributed by atoms with van der Waals surface area (Å²) in [5.41, 5.74) is 6.40. The van der Waals surface area contributed by atoms with Gasteiger partial charge in [0, 0.05) is 20.1 Å². The number of methoxy groups -OCH3 is 1. The van der Waals surface area contributed by atoms with Crippen LogP contribution >= 0.6 is 11.6 Å². The zero-order valence-corrected chi connectivity index (χ0v) is 12.2. The number of ether oxygens (including phenoxy) is 2. The van der Waals surface area contributed by atoms with Crippen molar-refractivity contribution in [2.45, 2.75) is 13.5 Å². The maximum atomic E-state index is 11.7. The van der Waals surface area contributed by atoms with Crippen molar-refractivity contribution in [3.05, 3.63) is 22.7 Å². The quantitative estimate of drug-likeness (QED) is 0.864. The number of hydrogen-bond acceptors (Lipinski definition) is 4. The van der Waals surface area contributed by atoms with Crippen molar-refractivity contribution >= 4 is 17.5 Å². The molecular weight excluding hydrogens is 268 g/mol. The number of halogens is 1. The highest BCUT2D eigenvalue weighted by molar-refractivity contribution is 6.32. The number of benzene rings is 1. The minimum Gasteiger partial charge on any atom is -0.493 e. The fourth-order valence-corrected chi connectivity index (χ4v) is 1.74. The van der Waals surface area contributed by atoms with Gasteiger partial charge in [0.25, 0.3) is 5.91 Å². The van der Waals surface area contributed by atoms with Crippen LogP contribution < -0.4 is 15.2 Å². The van der Waals surface area contributed by atoms with E-state index < -0.39 is 0 Å². The van der Waals surface area contributed by atoms with E-state index in [1.807, 2.05) is 6.92 Å². The van der Waals surface area contributed by atoms with E-state index in [0.717, 1.165) is 5.56 Å². The van der Waals surface area contributed by atoms with E-state index in [2.05, 4.69) is 0 Å². The third-order valence-electron chi connectivity index (χ3n) is 2.77. The molecule has 0 radical (unpaired) electrons. The van der Waals surface area contributed by atoms with E-state index in [1.165, 1.54) is 7.11 Å². The Hall–Kier alpha value is -1.46. The zero-order valence-electron chi connectivity index (χ0n) is 11.4. The van der Waals surface area contributed by atoms with Crippen LogP contribution in [-0.4, -0.2) is 38.1 Å². The van der Waals surface area contributed by atoms with Crippen LogP contribution in [0.5, 0.6) is 11.5 Å². The molecule has 2 N–H and O–H groups in total. The first kappa shape index (κ1) is 15.6. The second-order valence-electron chi connectivity index (χ2n) is 4.01. The van der Waals surface area contributed by atoms with Gasteiger partial charge in [-0.05, 0) is 24.6 Å². The molecule has 0 unspecified atom stereocenters. The van der Waals surface area contributed by atoms with Crippen molar-refractivity contribution in [1.29, 1.82) is 0 Å². The average Bonchev–Trinajstić information content (AvgIpc) is 2.43. The molecule has 0 bridgehead atoms. The molecule has 1 aromatic rings. The van der Waals surface area contributed by atoms with Gasteiger partial charge in [-0.1, -0.05) is 11.6 Å². The summed E-state index contributed by atoms with van der Waals surface area (Å²) in [5.74, 6) is 0.711. The normalized spacial score (nSPS) is 10.2. The molecule has 0 saturated heterocycles. The second kappa shape index (κ2) is 7.21. The Morgan fingerprint density at radius 2 is 2.16 bits per heavy atom. The Kier molecular flexibility index (Phi) is 5.92. The lowest BCUT2D eigenvalue weighted by molar-refractivity contribution is -0.131. The highest BCUT2D eigenvalue weighted by Crippen LogP contribution is 2.36. The summed E-state index contributed by atoms with van der Waals surface area (Å²) in [4.78, 5) is 13.2. The third kappa shape index (κ3) is 4.01. The molecule has 106 valence electrons. The number of amides is 1. The number of rotatable bonds is 6. The number of nitrogens with zero attached hydrogens (tertiary/aromatic N) is 1. The van der Waals surface area contributed by atoms with Crippen LogP contribution in [0.1, 0.15) is 12.5 Å². The largest absolute Gasteiger partial charge is 0.493 e. The Bertz CT molecular complexity index is 452. The molecule has 0 saturated carbocycles. The van der Waals surface area contributed by atoms with Crippen LogP contribution in [0.2, 0.25) is 5.02 Å². The first-order valence-corrected chi connectivity index (χ1v) is 6.34. The predicted molar refractivity (Wildman–Crippen MR) is 74.7 cm³/mol. The predicted octanol–water partition coefficient (Wildman–Crippen LogP) is 1.66. The highest BCUT2D eigenvalue weighted by atomic mass is 35.5. The van der Waals surface area contributed by atoms with Crippen LogP contribution in [0.25, 0.3) is 0 Å². The summed E-state index contributed by atoms with van der Waals surface area (Å²) in [6, 6.07) is 3.45. The van der Waals surface area contributed by atoms with Gasteiger partial charge in [-0.2, -0.15) is 0 Å². The van der Waals surface area contributed by atoms with Gasteiger partial charge in [0.15, 0.2) is 18.1 Å². The summed E-state index contributed by atoms with van der Waals surface area (Å²) in [5, 5.41) is 0.381. The van der Waals surface area contributed by atoms with Crippen molar-refractivity contribution in [3.63, 3.8) is 0 Å². The molecular formula is C13H19ClN2O3. The Morgan fingerprint density at radius 3 is 2.68 bits per heavy atom. The summed E-state index contributed by atoms with van der Waals surface area (Å²) < 4.78 is 10.7. The van der Waals surface area contributed by atoms with Crippen molar-refractivity contribution in [1.82, 2.24) is 4.90 Å². The summed E-state index contributed by atoms with van der Waals surface area (Å²) in [7, 11) is 3.22. The van der Waals surface area contributed by atoms with Crippen molar-refractivity contribution in [2.75, 3.05) is 27.3 Å². The van der Waals surface area contributed by atoms with Gasteiger partial charge in [0.1, 0.15) is 0 Å². The minimum atomic E-state index is -0.122. The van der Waals surface area contributed by atoms with Crippen LogP contribution in [0.15, 0.2) is 12.1 Å². The third-order valence-corrected chi connectivity index (χ3v) is 3.05. The molecule has 0 aliphatic carbocycles. The average molecular weight is 287 g/mol. The minimum absolute atomic E-state index is 0.0810. The van der Waals surface area contributed by atoms with Gasteiger partial charge in [-0.3, -0.25) is 4.79 Å². The summed E-state index contributed by atoms with van der Waals surface area (Å²) in [6.07, 6.45) is 0. The first-order valence-electron chi connectivity index (χ1n) is 5.96. The van der Waals surface area contributed by atoms with E-state index in [0.29, 0.717) is 29.6 Å². The summed E-state index contributed by atoms with van der Waals surface area (Å²) in [6.45, 7) is 2.79. The number of carbonyl (C=O) groups is 1. The van der Waals surface area contributed by atoms with Crippen LogP contribution in [0.3, 0.4) is 0 Å². The first-order chi connectivity index (χ1) is 9.03. The molecule has 0 heterocycles. The van der Waals surface area contributed by atoms with Crippen molar-refractivity contribution in [3.8, 4) is 11.5 Å². The van der Waals surface area contributed by atoms with E-state index in [9.17, 15) is 4.79 Å². The molecule has 0 atom stereocenters. The molecule has 0 aliphatic heterocycles. The van der Waals surface area contributed by atoms with Crippen LogP contribution in [-0.2, 0) is 11.3 Å². The molecule has 1 amide bonds. The van der Waals surface area contributed by atoms with Crippen LogP contribution in [0, 0.1) is 0 Å². The SMILES string of the molecule is CCN(C)C(=O)COc1c(Cl)cc(CN)cc1OC. The second-order valence-corrected chi connectivity index (χ2v) is 4.42. The molecule has 6 heteroatoms. The van der Waals surface area contributed by atoms with E-state index >= 15 is 0 Å². The number of nitrogens with two attached hydrogens (primary N) is 1. The van der Waals surface area contributed by atoms with Gasteiger partial charge in [0.05, 0.1) is 12.1 Å². The molecule has 0 aliphatic rings. The Labute approximate surface area is 118 Å². The number of carbonyl (C=O) groups excluding carboxylic acids is 1. The lowest BCUT2D eigenvalue weighted by Gasteiger charge is -2.17.